The molecule has 0 radical (unpaired) electrons. The maximum atomic E-state index is 12.5. The summed E-state index contributed by atoms with van der Waals surface area (Å²) in [4.78, 5) is 12.5. The van der Waals surface area contributed by atoms with Gasteiger partial charge < -0.3 is 10.6 Å². The quantitative estimate of drug-likeness (QED) is 0.864. The fraction of sp³-hybridized carbons (Fsp3) is 0.611. The normalized spacial score (nSPS) is 27.4. The van der Waals surface area contributed by atoms with Crippen molar-refractivity contribution in [1.82, 2.24) is 10.6 Å². The van der Waals surface area contributed by atoms with Crippen molar-refractivity contribution in [3.05, 3.63) is 34.3 Å². The lowest BCUT2D eigenvalue weighted by molar-refractivity contribution is -0.123. The molecule has 2 N–H and O–H groups in total. The smallest absolute Gasteiger partial charge is 0.223 e. The number of carbonyl (C=O) groups excluding carboxylic acids is 1. The Morgan fingerprint density at radius 1 is 1.27 bits per heavy atom. The van der Waals surface area contributed by atoms with Crippen molar-refractivity contribution in [3.63, 3.8) is 0 Å². The summed E-state index contributed by atoms with van der Waals surface area (Å²) in [7, 11) is 0. The van der Waals surface area contributed by atoms with Gasteiger partial charge in [0.15, 0.2) is 0 Å². The summed E-state index contributed by atoms with van der Waals surface area (Å²) in [5.41, 5.74) is 1.88. The van der Waals surface area contributed by atoms with Crippen LogP contribution in [0.3, 0.4) is 0 Å². The maximum Gasteiger partial charge on any atom is 0.223 e. The number of nitrogens with one attached hydrogen (secondary N) is 2. The molecule has 1 spiro atoms. The molecule has 1 heterocycles. The first-order valence-electron chi connectivity index (χ1n) is 8.38. The zero-order valence-corrected chi connectivity index (χ0v) is 14.4. The van der Waals surface area contributed by atoms with Crippen LogP contribution < -0.4 is 10.6 Å². The van der Waals surface area contributed by atoms with E-state index in [4.69, 9.17) is 0 Å². The first-order valence-corrected chi connectivity index (χ1v) is 9.18. The third-order valence-electron chi connectivity index (χ3n) is 6.00. The van der Waals surface area contributed by atoms with Crippen LogP contribution in [0, 0.1) is 11.3 Å². The molecule has 1 amide bonds. The highest BCUT2D eigenvalue weighted by Crippen LogP contribution is 2.58. The van der Waals surface area contributed by atoms with Crippen LogP contribution in [-0.2, 0) is 10.2 Å². The molecule has 4 rings (SSSR count). The second-order valence-electron chi connectivity index (χ2n) is 7.38. The van der Waals surface area contributed by atoms with Crippen molar-refractivity contribution < 1.29 is 4.79 Å². The van der Waals surface area contributed by atoms with Crippen LogP contribution >= 0.6 is 15.9 Å². The maximum absolute atomic E-state index is 12.5. The Bertz CT molecular complexity index is 591. The standard InChI is InChI=1S/C18H23BrN2O/c19-14-3-1-2-13(10-14)18(4-5-18)12-21-16(22)15-11-17(15)6-8-20-9-7-17/h1-3,10,15,20H,4-9,11-12H2,(H,21,22). The molecule has 3 aliphatic rings. The van der Waals surface area contributed by atoms with Crippen LogP contribution in [0.25, 0.3) is 0 Å². The molecule has 1 unspecified atom stereocenters. The van der Waals surface area contributed by atoms with Crippen molar-refractivity contribution in [2.45, 2.75) is 37.5 Å². The highest BCUT2D eigenvalue weighted by molar-refractivity contribution is 9.10. The average molecular weight is 363 g/mol. The second-order valence-corrected chi connectivity index (χ2v) is 8.29. The summed E-state index contributed by atoms with van der Waals surface area (Å²) in [6.07, 6.45) is 5.81. The zero-order valence-electron chi connectivity index (χ0n) is 12.8. The molecule has 118 valence electrons. The SMILES string of the molecule is O=C(NCC1(c2cccc(Br)c2)CC1)C1CC12CCNCC2. The molecule has 2 saturated carbocycles. The molecule has 3 fully saturated rings. The summed E-state index contributed by atoms with van der Waals surface area (Å²) in [5.74, 6) is 0.566. The van der Waals surface area contributed by atoms with E-state index < -0.39 is 0 Å². The second kappa shape index (κ2) is 5.34. The van der Waals surface area contributed by atoms with Gasteiger partial charge in [-0.1, -0.05) is 28.1 Å². The van der Waals surface area contributed by atoms with E-state index in [-0.39, 0.29) is 11.3 Å². The molecule has 22 heavy (non-hydrogen) atoms. The monoisotopic (exact) mass is 362 g/mol. The van der Waals surface area contributed by atoms with Gasteiger partial charge in [-0.3, -0.25) is 4.79 Å². The Morgan fingerprint density at radius 3 is 2.73 bits per heavy atom. The van der Waals surface area contributed by atoms with E-state index >= 15 is 0 Å². The van der Waals surface area contributed by atoms with Crippen LogP contribution in [0.4, 0.5) is 0 Å². The third-order valence-corrected chi connectivity index (χ3v) is 6.49. The molecule has 1 aromatic rings. The van der Waals surface area contributed by atoms with Gasteiger partial charge in [-0.2, -0.15) is 0 Å². The number of piperidine rings is 1. The fourth-order valence-electron chi connectivity index (χ4n) is 4.11. The van der Waals surface area contributed by atoms with E-state index in [1.165, 1.54) is 31.2 Å². The number of carbonyl (C=O) groups is 1. The van der Waals surface area contributed by atoms with Crippen molar-refractivity contribution >= 4 is 21.8 Å². The number of benzene rings is 1. The van der Waals surface area contributed by atoms with Crippen molar-refractivity contribution in [2.24, 2.45) is 11.3 Å². The number of amides is 1. The molecule has 0 aromatic heterocycles. The Labute approximate surface area is 140 Å². The van der Waals surface area contributed by atoms with E-state index in [0.29, 0.717) is 11.3 Å². The molecule has 4 heteroatoms. The van der Waals surface area contributed by atoms with Crippen LogP contribution in [0.1, 0.15) is 37.7 Å². The summed E-state index contributed by atoms with van der Waals surface area (Å²) < 4.78 is 1.12. The number of hydrogen-bond donors (Lipinski definition) is 2. The molecule has 3 nitrogen and oxygen atoms in total. The number of halogens is 1. The van der Waals surface area contributed by atoms with Gasteiger partial charge >= 0.3 is 0 Å². The minimum atomic E-state index is 0.190. The highest BCUT2D eigenvalue weighted by atomic mass is 79.9. The number of rotatable bonds is 4. The summed E-state index contributed by atoms with van der Waals surface area (Å²) in [5, 5.41) is 6.66. The highest BCUT2D eigenvalue weighted by Gasteiger charge is 2.58. The van der Waals surface area contributed by atoms with Crippen LogP contribution in [0.2, 0.25) is 0 Å². The van der Waals surface area contributed by atoms with Crippen molar-refractivity contribution in [2.75, 3.05) is 19.6 Å². The Kier molecular flexibility index (Phi) is 3.57. The topological polar surface area (TPSA) is 41.1 Å². The summed E-state index contributed by atoms with van der Waals surface area (Å²) >= 11 is 3.55. The average Bonchev–Trinajstić information content (AvgIpc) is 3.43. The lowest BCUT2D eigenvalue weighted by Crippen LogP contribution is -2.36. The molecule has 1 atom stereocenters. The molecular weight excluding hydrogens is 340 g/mol. The van der Waals surface area contributed by atoms with Crippen molar-refractivity contribution in [3.8, 4) is 0 Å². The predicted molar refractivity (Wildman–Crippen MR) is 90.7 cm³/mol. The van der Waals surface area contributed by atoms with E-state index in [0.717, 1.165) is 30.5 Å². The van der Waals surface area contributed by atoms with E-state index in [2.05, 4.69) is 50.8 Å². The molecule has 1 aliphatic heterocycles. The molecular formula is C18H23BrN2O. The molecule has 0 bridgehead atoms. The van der Waals surface area contributed by atoms with Crippen LogP contribution in [0.5, 0.6) is 0 Å². The first kappa shape index (κ1) is 14.7. The minimum Gasteiger partial charge on any atom is -0.355 e. The molecule has 1 saturated heterocycles. The van der Waals surface area contributed by atoms with E-state index in [9.17, 15) is 4.79 Å². The lowest BCUT2D eigenvalue weighted by atomic mass is 9.91. The van der Waals surface area contributed by atoms with Crippen LogP contribution in [0.15, 0.2) is 28.7 Å². The Hall–Kier alpha value is -0.870. The fourth-order valence-corrected chi connectivity index (χ4v) is 4.51. The van der Waals surface area contributed by atoms with Gasteiger partial charge in [0.25, 0.3) is 0 Å². The van der Waals surface area contributed by atoms with Gasteiger partial charge in [0.2, 0.25) is 5.91 Å². The van der Waals surface area contributed by atoms with Gasteiger partial charge in [-0.15, -0.1) is 0 Å². The molecule has 2 aliphatic carbocycles. The van der Waals surface area contributed by atoms with Gasteiger partial charge in [0.1, 0.15) is 0 Å². The van der Waals surface area contributed by atoms with Gasteiger partial charge in [0.05, 0.1) is 0 Å². The Balaban J connectivity index is 1.36. The van der Waals surface area contributed by atoms with E-state index in [1.807, 2.05) is 0 Å². The van der Waals surface area contributed by atoms with Gasteiger partial charge in [0, 0.05) is 22.4 Å². The van der Waals surface area contributed by atoms with Crippen LogP contribution in [-0.4, -0.2) is 25.5 Å². The van der Waals surface area contributed by atoms with E-state index in [1.54, 1.807) is 0 Å². The number of hydrogen-bond acceptors (Lipinski definition) is 2. The third kappa shape index (κ3) is 2.61. The zero-order chi connectivity index (χ0) is 15.2. The van der Waals surface area contributed by atoms with Gasteiger partial charge in [-0.25, -0.2) is 0 Å². The van der Waals surface area contributed by atoms with Gasteiger partial charge in [-0.05, 0) is 68.3 Å². The Morgan fingerprint density at radius 2 is 2.05 bits per heavy atom. The first-order chi connectivity index (χ1) is 10.6. The lowest BCUT2D eigenvalue weighted by Gasteiger charge is -2.23. The minimum absolute atomic E-state index is 0.190. The summed E-state index contributed by atoms with van der Waals surface area (Å²) in [6.45, 7) is 2.95. The van der Waals surface area contributed by atoms with Crippen molar-refractivity contribution in [1.29, 1.82) is 0 Å². The largest absolute Gasteiger partial charge is 0.355 e. The summed E-state index contributed by atoms with van der Waals surface area (Å²) in [6, 6.07) is 8.54. The molecule has 1 aromatic carbocycles. The predicted octanol–water partition coefficient (Wildman–Crippen LogP) is 2.99.